The fourth-order valence-electron chi connectivity index (χ4n) is 1.44. The molecule has 2 unspecified atom stereocenters. The second-order valence-corrected chi connectivity index (χ2v) is 4.77. The Labute approximate surface area is 116 Å². The number of phenols is 1. The van der Waals surface area contributed by atoms with E-state index in [9.17, 15) is 14.7 Å². The van der Waals surface area contributed by atoms with E-state index in [4.69, 9.17) is 15.9 Å². The van der Waals surface area contributed by atoms with Gasteiger partial charge >= 0.3 is 5.97 Å². The molecule has 0 saturated carbocycles. The molecule has 1 aromatic carbocycles. The molecule has 0 aliphatic rings. The van der Waals surface area contributed by atoms with Gasteiger partial charge in [0.05, 0.1) is 12.6 Å². The fourth-order valence-corrected chi connectivity index (χ4v) is 1.44. The minimum atomic E-state index is -2.03. The van der Waals surface area contributed by atoms with Gasteiger partial charge in [-0.2, -0.15) is 0 Å². The van der Waals surface area contributed by atoms with Crippen LogP contribution < -0.4 is 11.1 Å². The maximum Gasteiger partial charge on any atom is 0.337 e. The molecule has 20 heavy (non-hydrogen) atoms. The van der Waals surface area contributed by atoms with Crippen molar-refractivity contribution in [2.24, 2.45) is 5.73 Å². The first-order valence-corrected chi connectivity index (χ1v) is 5.99. The van der Waals surface area contributed by atoms with Crippen LogP contribution in [0.1, 0.15) is 12.5 Å². The molecule has 0 aromatic heterocycles. The third-order valence-electron chi connectivity index (χ3n) is 2.80. The first-order valence-electron chi connectivity index (χ1n) is 5.99. The molecule has 0 aliphatic carbocycles. The summed E-state index contributed by atoms with van der Waals surface area (Å²) in [5.41, 5.74) is 4.42. The topological polar surface area (TPSA) is 133 Å². The van der Waals surface area contributed by atoms with E-state index >= 15 is 0 Å². The minimum absolute atomic E-state index is 0.115. The zero-order valence-electron chi connectivity index (χ0n) is 11.0. The number of nitrogens with two attached hydrogens (primary N) is 1. The Bertz CT molecular complexity index is 484. The molecular weight excluding hydrogens is 264 g/mol. The average Bonchev–Trinajstić information content (AvgIpc) is 2.38. The molecule has 0 spiro atoms. The SMILES string of the molecule is CC(O)(CNC(=O)C(N)Cc1ccc(O)cc1)C(=O)O. The maximum absolute atomic E-state index is 11.7. The molecule has 1 aromatic rings. The van der Waals surface area contributed by atoms with Crippen molar-refractivity contribution >= 4 is 11.9 Å². The number of hydrogen-bond donors (Lipinski definition) is 5. The molecule has 7 heteroatoms. The van der Waals surface area contributed by atoms with E-state index < -0.39 is 30.1 Å². The molecule has 0 saturated heterocycles. The summed E-state index contributed by atoms with van der Waals surface area (Å²) in [5.74, 6) is -1.87. The van der Waals surface area contributed by atoms with Gasteiger partial charge in [0.1, 0.15) is 5.75 Å². The highest BCUT2D eigenvalue weighted by Crippen LogP contribution is 2.11. The summed E-state index contributed by atoms with van der Waals surface area (Å²) in [6, 6.07) is 5.36. The summed E-state index contributed by atoms with van der Waals surface area (Å²) in [5, 5.41) is 29.6. The number of benzene rings is 1. The summed E-state index contributed by atoms with van der Waals surface area (Å²) >= 11 is 0. The van der Waals surface area contributed by atoms with Crippen LogP contribution in [0.5, 0.6) is 5.75 Å². The Morgan fingerprint density at radius 2 is 1.90 bits per heavy atom. The number of amides is 1. The van der Waals surface area contributed by atoms with Crippen molar-refractivity contribution in [1.29, 1.82) is 0 Å². The number of aliphatic carboxylic acids is 1. The summed E-state index contributed by atoms with van der Waals surface area (Å²) in [4.78, 5) is 22.4. The van der Waals surface area contributed by atoms with E-state index in [0.29, 0.717) is 0 Å². The Balaban J connectivity index is 2.51. The van der Waals surface area contributed by atoms with Crippen molar-refractivity contribution in [2.75, 3.05) is 6.54 Å². The fraction of sp³-hybridized carbons (Fsp3) is 0.385. The highest BCUT2D eigenvalue weighted by Gasteiger charge is 2.30. The van der Waals surface area contributed by atoms with Gasteiger partial charge in [0, 0.05) is 0 Å². The number of carbonyl (C=O) groups is 2. The number of phenolic OH excluding ortho intramolecular Hbond substituents is 1. The van der Waals surface area contributed by atoms with Crippen molar-refractivity contribution in [3.8, 4) is 5.75 Å². The van der Waals surface area contributed by atoms with E-state index in [1.807, 2.05) is 0 Å². The zero-order chi connectivity index (χ0) is 15.3. The van der Waals surface area contributed by atoms with E-state index in [1.165, 1.54) is 12.1 Å². The number of carbonyl (C=O) groups excluding carboxylic acids is 1. The van der Waals surface area contributed by atoms with Crippen LogP contribution >= 0.6 is 0 Å². The molecule has 0 bridgehead atoms. The summed E-state index contributed by atoms with van der Waals surface area (Å²) in [6.07, 6.45) is 0.237. The van der Waals surface area contributed by atoms with E-state index in [2.05, 4.69) is 5.32 Å². The van der Waals surface area contributed by atoms with Gasteiger partial charge in [-0.15, -0.1) is 0 Å². The third kappa shape index (κ3) is 4.52. The normalized spacial score (nSPS) is 15.2. The number of hydrogen-bond acceptors (Lipinski definition) is 5. The molecule has 0 heterocycles. The van der Waals surface area contributed by atoms with Crippen LogP contribution in [-0.2, 0) is 16.0 Å². The third-order valence-corrected chi connectivity index (χ3v) is 2.80. The van der Waals surface area contributed by atoms with Crippen molar-refractivity contribution in [1.82, 2.24) is 5.32 Å². The maximum atomic E-state index is 11.7. The smallest absolute Gasteiger partial charge is 0.337 e. The lowest BCUT2D eigenvalue weighted by Gasteiger charge is -2.20. The molecule has 0 fully saturated rings. The van der Waals surface area contributed by atoms with Crippen LogP contribution in [0.25, 0.3) is 0 Å². The Morgan fingerprint density at radius 3 is 2.40 bits per heavy atom. The van der Waals surface area contributed by atoms with Crippen molar-refractivity contribution in [3.63, 3.8) is 0 Å². The zero-order valence-corrected chi connectivity index (χ0v) is 11.0. The molecule has 2 atom stereocenters. The molecule has 0 aliphatic heterocycles. The second kappa shape index (κ2) is 6.36. The number of carboxylic acid groups (broad SMARTS) is 1. The van der Waals surface area contributed by atoms with Gasteiger partial charge in [0.25, 0.3) is 0 Å². The van der Waals surface area contributed by atoms with Crippen LogP contribution in [0.4, 0.5) is 0 Å². The van der Waals surface area contributed by atoms with Gasteiger partial charge in [-0.25, -0.2) is 4.79 Å². The molecule has 6 N–H and O–H groups in total. The summed E-state index contributed by atoms with van der Waals surface area (Å²) in [7, 11) is 0. The predicted octanol–water partition coefficient (Wildman–Crippen LogP) is -0.786. The predicted molar refractivity (Wildman–Crippen MR) is 71.1 cm³/mol. The Morgan fingerprint density at radius 1 is 1.35 bits per heavy atom. The Kier molecular flexibility index (Phi) is 5.06. The summed E-state index contributed by atoms with van der Waals surface area (Å²) in [6.45, 7) is 0.658. The minimum Gasteiger partial charge on any atom is -0.508 e. The number of nitrogens with one attached hydrogen (secondary N) is 1. The van der Waals surface area contributed by atoms with Crippen LogP contribution in [0.2, 0.25) is 0 Å². The monoisotopic (exact) mass is 282 g/mol. The molecular formula is C13H18N2O5. The van der Waals surface area contributed by atoms with Crippen LogP contribution in [0.15, 0.2) is 24.3 Å². The van der Waals surface area contributed by atoms with Gasteiger partial charge in [-0.05, 0) is 31.0 Å². The van der Waals surface area contributed by atoms with Crippen LogP contribution in [0, 0.1) is 0 Å². The van der Waals surface area contributed by atoms with Gasteiger partial charge < -0.3 is 26.4 Å². The van der Waals surface area contributed by atoms with Gasteiger partial charge in [0.2, 0.25) is 5.91 Å². The standard InChI is InChI=1S/C13H18N2O5/c1-13(20,12(18)19)7-15-11(17)10(14)6-8-2-4-9(16)5-3-8/h2-5,10,16,20H,6-7,14H2,1H3,(H,15,17)(H,18,19). The first-order chi connectivity index (χ1) is 9.22. The van der Waals surface area contributed by atoms with Crippen LogP contribution in [0.3, 0.4) is 0 Å². The van der Waals surface area contributed by atoms with Crippen molar-refractivity contribution in [2.45, 2.75) is 25.0 Å². The van der Waals surface area contributed by atoms with E-state index in [-0.39, 0.29) is 12.2 Å². The van der Waals surface area contributed by atoms with Gasteiger partial charge in [0.15, 0.2) is 5.60 Å². The molecule has 1 rings (SSSR count). The molecule has 0 radical (unpaired) electrons. The lowest BCUT2D eigenvalue weighted by atomic mass is 10.0. The Hall–Kier alpha value is -2.12. The largest absolute Gasteiger partial charge is 0.508 e. The molecule has 1 amide bonds. The quantitative estimate of drug-likeness (QED) is 0.464. The van der Waals surface area contributed by atoms with Crippen molar-refractivity contribution in [3.05, 3.63) is 29.8 Å². The van der Waals surface area contributed by atoms with E-state index in [1.54, 1.807) is 12.1 Å². The average molecular weight is 282 g/mol. The highest BCUT2D eigenvalue weighted by atomic mass is 16.4. The molecule has 7 nitrogen and oxygen atoms in total. The van der Waals surface area contributed by atoms with Crippen molar-refractivity contribution < 1.29 is 24.9 Å². The second-order valence-electron chi connectivity index (χ2n) is 4.77. The van der Waals surface area contributed by atoms with E-state index in [0.717, 1.165) is 12.5 Å². The highest BCUT2D eigenvalue weighted by molar-refractivity contribution is 5.83. The van der Waals surface area contributed by atoms with Gasteiger partial charge in [-0.1, -0.05) is 12.1 Å². The molecule has 110 valence electrons. The number of carboxylic acids is 1. The van der Waals surface area contributed by atoms with Crippen LogP contribution in [-0.4, -0.2) is 45.4 Å². The lowest BCUT2D eigenvalue weighted by Crippen LogP contribution is -2.50. The number of aliphatic hydroxyl groups is 1. The first kappa shape index (κ1) is 15.9. The number of rotatable bonds is 6. The van der Waals surface area contributed by atoms with Gasteiger partial charge in [-0.3, -0.25) is 4.79 Å². The lowest BCUT2D eigenvalue weighted by molar-refractivity contribution is -0.156. The number of aromatic hydroxyl groups is 1. The summed E-state index contributed by atoms with van der Waals surface area (Å²) < 4.78 is 0.